The van der Waals surface area contributed by atoms with E-state index >= 15 is 0 Å². The summed E-state index contributed by atoms with van der Waals surface area (Å²) >= 11 is 0. The highest BCUT2D eigenvalue weighted by molar-refractivity contribution is 5.82. The zero-order valence-electron chi connectivity index (χ0n) is 13.0. The summed E-state index contributed by atoms with van der Waals surface area (Å²) in [7, 11) is 0. The smallest absolute Gasteiger partial charge is 0.136 e. The molecule has 0 saturated carbocycles. The third-order valence-electron chi connectivity index (χ3n) is 4.07. The lowest BCUT2D eigenvalue weighted by molar-refractivity contribution is 0.138. The van der Waals surface area contributed by atoms with Gasteiger partial charge in [0.25, 0.3) is 0 Å². The molecule has 0 aliphatic carbocycles. The SMILES string of the molecule is CCCCCCCCC(O)c1oc2ccc(F)cc2c1C. The second-order valence-electron chi connectivity index (χ2n) is 5.80. The van der Waals surface area contributed by atoms with E-state index in [0.717, 1.165) is 23.8 Å². The van der Waals surface area contributed by atoms with Crippen molar-refractivity contribution < 1.29 is 13.9 Å². The van der Waals surface area contributed by atoms with Crippen molar-refractivity contribution in [3.63, 3.8) is 0 Å². The summed E-state index contributed by atoms with van der Waals surface area (Å²) in [5.41, 5.74) is 1.49. The molecule has 1 unspecified atom stereocenters. The van der Waals surface area contributed by atoms with E-state index in [9.17, 15) is 9.50 Å². The predicted molar refractivity (Wildman–Crippen MR) is 83.9 cm³/mol. The van der Waals surface area contributed by atoms with Crippen molar-refractivity contribution in [3.8, 4) is 0 Å². The number of hydrogen-bond donors (Lipinski definition) is 1. The van der Waals surface area contributed by atoms with Gasteiger partial charge in [0.1, 0.15) is 23.3 Å². The fraction of sp³-hybridized carbons (Fsp3) is 0.556. The van der Waals surface area contributed by atoms with E-state index in [1.54, 1.807) is 6.07 Å². The Balaban J connectivity index is 1.93. The van der Waals surface area contributed by atoms with Crippen LogP contribution in [0.1, 0.15) is 69.3 Å². The topological polar surface area (TPSA) is 33.4 Å². The van der Waals surface area contributed by atoms with Crippen molar-refractivity contribution in [2.75, 3.05) is 0 Å². The highest BCUT2D eigenvalue weighted by Gasteiger charge is 2.18. The van der Waals surface area contributed by atoms with E-state index in [1.165, 1.54) is 37.8 Å². The van der Waals surface area contributed by atoms with E-state index in [1.807, 2.05) is 6.92 Å². The standard InChI is InChI=1S/C18H25FO2/c1-3-4-5-6-7-8-9-16(20)18-13(2)15-12-14(19)10-11-17(15)21-18/h10-12,16,20H,3-9H2,1-2H3. The summed E-state index contributed by atoms with van der Waals surface area (Å²) in [5.74, 6) is 0.313. The van der Waals surface area contributed by atoms with Crippen molar-refractivity contribution in [1.82, 2.24) is 0 Å². The lowest BCUT2D eigenvalue weighted by Crippen LogP contribution is -1.97. The maximum atomic E-state index is 13.3. The van der Waals surface area contributed by atoms with Crippen LogP contribution >= 0.6 is 0 Å². The minimum Gasteiger partial charge on any atom is -0.458 e. The first-order chi connectivity index (χ1) is 10.1. The molecule has 0 saturated heterocycles. The zero-order valence-corrected chi connectivity index (χ0v) is 13.0. The average molecular weight is 292 g/mol. The van der Waals surface area contributed by atoms with Gasteiger partial charge in [0.2, 0.25) is 0 Å². The van der Waals surface area contributed by atoms with E-state index < -0.39 is 6.10 Å². The van der Waals surface area contributed by atoms with Gasteiger partial charge in [-0.3, -0.25) is 0 Å². The molecular weight excluding hydrogens is 267 g/mol. The van der Waals surface area contributed by atoms with Crippen LogP contribution in [0, 0.1) is 12.7 Å². The van der Waals surface area contributed by atoms with Crippen LogP contribution in [-0.4, -0.2) is 5.11 Å². The second kappa shape index (κ2) is 7.60. The lowest BCUT2D eigenvalue weighted by atomic mass is 10.0. The van der Waals surface area contributed by atoms with Crippen molar-refractivity contribution in [3.05, 3.63) is 35.3 Å². The summed E-state index contributed by atoms with van der Waals surface area (Å²) in [5, 5.41) is 11.0. The molecule has 1 atom stereocenters. The molecule has 1 aromatic carbocycles. The highest BCUT2D eigenvalue weighted by atomic mass is 19.1. The largest absolute Gasteiger partial charge is 0.458 e. The number of aliphatic hydroxyl groups excluding tert-OH is 1. The Hall–Kier alpha value is -1.35. The first-order valence-electron chi connectivity index (χ1n) is 8.00. The number of benzene rings is 1. The summed E-state index contributed by atoms with van der Waals surface area (Å²) in [6.07, 6.45) is 7.29. The minimum atomic E-state index is -0.591. The molecule has 2 aromatic rings. The van der Waals surface area contributed by atoms with E-state index in [-0.39, 0.29) is 5.82 Å². The van der Waals surface area contributed by atoms with E-state index in [4.69, 9.17) is 4.42 Å². The molecule has 0 bridgehead atoms. The molecule has 0 amide bonds. The van der Waals surface area contributed by atoms with Crippen LogP contribution in [0.25, 0.3) is 11.0 Å². The molecule has 116 valence electrons. The third kappa shape index (κ3) is 4.07. The summed E-state index contributed by atoms with van der Waals surface area (Å²) in [6, 6.07) is 4.48. The fourth-order valence-electron chi connectivity index (χ4n) is 2.78. The zero-order chi connectivity index (χ0) is 15.2. The van der Waals surface area contributed by atoms with Crippen LogP contribution < -0.4 is 0 Å². The normalized spacial score (nSPS) is 13.0. The third-order valence-corrected chi connectivity index (χ3v) is 4.07. The molecule has 1 heterocycles. The minimum absolute atomic E-state index is 0.275. The Morgan fingerprint density at radius 1 is 1.14 bits per heavy atom. The molecule has 1 aromatic heterocycles. The number of rotatable bonds is 8. The lowest BCUT2D eigenvalue weighted by Gasteiger charge is -2.08. The first kappa shape index (κ1) is 16.0. The Morgan fingerprint density at radius 2 is 1.86 bits per heavy atom. The Kier molecular flexibility index (Phi) is 5.80. The maximum Gasteiger partial charge on any atom is 0.136 e. The van der Waals surface area contributed by atoms with Crippen LogP contribution in [0.4, 0.5) is 4.39 Å². The molecule has 2 nitrogen and oxygen atoms in total. The van der Waals surface area contributed by atoms with Gasteiger partial charge in [0.05, 0.1) is 0 Å². The van der Waals surface area contributed by atoms with Gasteiger partial charge in [0.15, 0.2) is 0 Å². The van der Waals surface area contributed by atoms with Crippen molar-refractivity contribution in [2.45, 2.75) is 64.9 Å². The van der Waals surface area contributed by atoms with Crippen LogP contribution in [-0.2, 0) is 0 Å². The van der Waals surface area contributed by atoms with Gasteiger partial charge in [-0.05, 0) is 31.5 Å². The van der Waals surface area contributed by atoms with Crippen molar-refractivity contribution >= 4 is 11.0 Å². The van der Waals surface area contributed by atoms with E-state index in [2.05, 4.69) is 6.92 Å². The van der Waals surface area contributed by atoms with Gasteiger partial charge in [-0.2, -0.15) is 0 Å². The number of unbranched alkanes of at least 4 members (excludes halogenated alkanes) is 5. The van der Waals surface area contributed by atoms with E-state index in [0.29, 0.717) is 17.8 Å². The molecule has 21 heavy (non-hydrogen) atoms. The molecule has 2 rings (SSSR count). The molecule has 0 spiro atoms. The number of furan rings is 1. The van der Waals surface area contributed by atoms with Crippen LogP contribution in [0.2, 0.25) is 0 Å². The molecule has 1 N–H and O–H groups in total. The highest BCUT2D eigenvalue weighted by Crippen LogP contribution is 2.32. The van der Waals surface area contributed by atoms with Gasteiger partial charge < -0.3 is 9.52 Å². The first-order valence-corrected chi connectivity index (χ1v) is 8.00. The van der Waals surface area contributed by atoms with Crippen LogP contribution in [0.5, 0.6) is 0 Å². The average Bonchev–Trinajstić information content (AvgIpc) is 2.79. The molecule has 3 heteroatoms. The number of fused-ring (bicyclic) bond motifs is 1. The number of hydrogen-bond acceptors (Lipinski definition) is 2. The van der Waals surface area contributed by atoms with Gasteiger partial charge in [-0.15, -0.1) is 0 Å². The second-order valence-corrected chi connectivity index (χ2v) is 5.80. The molecule has 0 aliphatic heterocycles. The molecule has 0 fully saturated rings. The van der Waals surface area contributed by atoms with Gasteiger partial charge >= 0.3 is 0 Å². The Morgan fingerprint density at radius 3 is 2.62 bits per heavy atom. The van der Waals surface area contributed by atoms with Gasteiger partial charge in [-0.25, -0.2) is 4.39 Å². The number of halogens is 1. The van der Waals surface area contributed by atoms with Crippen molar-refractivity contribution in [1.29, 1.82) is 0 Å². The summed E-state index contributed by atoms with van der Waals surface area (Å²) in [6.45, 7) is 4.09. The monoisotopic (exact) mass is 292 g/mol. The van der Waals surface area contributed by atoms with Crippen LogP contribution in [0.15, 0.2) is 22.6 Å². The van der Waals surface area contributed by atoms with Crippen molar-refractivity contribution in [2.24, 2.45) is 0 Å². The Bertz CT molecular complexity index is 574. The molecular formula is C18H25FO2. The fourth-order valence-corrected chi connectivity index (χ4v) is 2.78. The van der Waals surface area contributed by atoms with Gasteiger partial charge in [-0.1, -0.05) is 45.4 Å². The molecule has 0 aliphatic rings. The maximum absolute atomic E-state index is 13.3. The molecule has 0 radical (unpaired) electrons. The predicted octanol–water partition coefficient (Wildman–Crippen LogP) is 5.66. The van der Waals surface area contributed by atoms with Gasteiger partial charge in [0, 0.05) is 10.9 Å². The number of aryl methyl sites for hydroxylation is 1. The number of aliphatic hydroxyl groups is 1. The van der Waals surface area contributed by atoms with Crippen LogP contribution in [0.3, 0.4) is 0 Å². The quantitative estimate of drug-likeness (QED) is 0.636. The summed E-state index contributed by atoms with van der Waals surface area (Å²) in [4.78, 5) is 0. The summed E-state index contributed by atoms with van der Waals surface area (Å²) < 4.78 is 19.0. The Labute approximate surface area is 126 Å².